The second-order valence-corrected chi connectivity index (χ2v) is 3.99. The normalized spacial score (nSPS) is 11.8. The molecule has 0 saturated carbocycles. The lowest BCUT2D eigenvalue weighted by Crippen LogP contribution is -2.32. The molecule has 19 heavy (non-hydrogen) atoms. The quantitative estimate of drug-likeness (QED) is 0.730. The number of hydrogen-bond donors (Lipinski definition) is 3. The number of carbonyl (C=O) groups excluding carboxylic acids is 1. The molecule has 1 amide bonds. The van der Waals surface area contributed by atoms with Gasteiger partial charge in [0.05, 0.1) is 6.04 Å². The highest BCUT2D eigenvalue weighted by Gasteiger charge is 2.16. The fourth-order valence-corrected chi connectivity index (χ4v) is 1.58. The highest BCUT2D eigenvalue weighted by atomic mass is 16.2. The molecule has 7 heteroatoms. The van der Waals surface area contributed by atoms with Gasteiger partial charge in [-0.2, -0.15) is 0 Å². The summed E-state index contributed by atoms with van der Waals surface area (Å²) < 4.78 is 0. The first-order chi connectivity index (χ1) is 9.08. The number of nitrogens with one attached hydrogen (secondary N) is 2. The lowest BCUT2D eigenvalue weighted by atomic mass is 10.2. The number of amides is 1. The van der Waals surface area contributed by atoms with E-state index in [2.05, 4.69) is 20.5 Å². The smallest absolute Gasteiger partial charge is 0.276 e. The predicted molar refractivity (Wildman–Crippen MR) is 69.4 cm³/mol. The second kappa shape index (κ2) is 5.30. The SMILES string of the molecule is CC(NC(=O)c1ccccc1)c1nnc(N)[nH]c1=O. The van der Waals surface area contributed by atoms with Crippen LogP contribution >= 0.6 is 0 Å². The van der Waals surface area contributed by atoms with Crippen LogP contribution in [0.15, 0.2) is 35.1 Å². The van der Waals surface area contributed by atoms with E-state index in [0.29, 0.717) is 5.56 Å². The Morgan fingerprint density at radius 1 is 1.32 bits per heavy atom. The lowest BCUT2D eigenvalue weighted by molar-refractivity contribution is 0.0938. The Morgan fingerprint density at radius 2 is 2.00 bits per heavy atom. The standard InChI is InChI=1S/C12H13N5O2/c1-7(9-11(19)15-12(13)17-16-9)14-10(18)8-5-3-2-4-6-8/h2-7H,1H3,(H,14,18)(H3,13,15,17,19). The Labute approximate surface area is 108 Å². The van der Waals surface area contributed by atoms with Gasteiger partial charge in [0.1, 0.15) is 0 Å². The number of benzene rings is 1. The van der Waals surface area contributed by atoms with E-state index in [1.54, 1.807) is 31.2 Å². The monoisotopic (exact) mass is 259 g/mol. The van der Waals surface area contributed by atoms with E-state index >= 15 is 0 Å². The van der Waals surface area contributed by atoms with Gasteiger partial charge < -0.3 is 11.1 Å². The van der Waals surface area contributed by atoms with Gasteiger partial charge in [0.2, 0.25) is 5.95 Å². The number of H-pyrrole nitrogens is 1. The first-order valence-electron chi connectivity index (χ1n) is 5.66. The van der Waals surface area contributed by atoms with Crippen molar-refractivity contribution in [3.63, 3.8) is 0 Å². The summed E-state index contributed by atoms with van der Waals surface area (Å²) in [5.41, 5.74) is 5.46. The maximum absolute atomic E-state index is 11.9. The van der Waals surface area contributed by atoms with Crippen LogP contribution in [0.4, 0.5) is 5.95 Å². The minimum atomic E-state index is -0.565. The highest BCUT2D eigenvalue weighted by molar-refractivity contribution is 5.94. The van der Waals surface area contributed by atoms with E-state index in [9.17, 15) is 9.59 Å². The van der Waals surface area contributed by atoms with Crippen molar-refractivity contribution in [2.45, 2.75) is 13.0 Å². The first kappa shape index (κ1) is 12.7. The van der Waals surface area contributed by atoms with E-state index in [1.165, 1.54) is 0 Å². The Bertz CT molecular complexity index is 638. The zero-order chi connectivity index (χ0) is 13.8. The Kier molecular flexibility index (Phi) is 3.56. The van der Waals surface area contributed by atoms with Gasteiger partial charge in [-0.1, -0.05) is 18.2 Å². The van der Waals surface area contributed by atoms with E-state index in [1.807, 2.05) is 6.07 Å². The number of aromatic nitrogens is 3. The molecule has 0 saturated heterocycles. The van der Waals surface area contributed by atoms with Crippen molar-refractivity contribution in [3.8, 4) is 0 Å². The van der Waals surface area contributed by atoms with Crippen molar-refractivity contribution in [2.24, 2.45) is 0 Å². The molecule has 1 atom stereocenters. The molecule has 4 N–H and O–H groups in total. The number of nitrogens with zero attached hydrogens (tertiary/aromatic N) is 2. The third-order valence-corrected chi connectivity index (χ3v) is 2.53. The van der Waals surface area contributed by atoms with Crippen LogP contribution in [0.3, 0.4) is 0 Å². The van der Waals surface area contributed by atoms with Crippen molar-refractivity contribution < 1.29 is 4.79 Å². The molecule has 0 spiro atoms. The van der Waals surface area contributed by atoms with Crippen molar-refractivity contribution in [1.82, 2.24) is 20.5 Å². The average Bonchev–Trinajstić information content (AvgIpc) is 2.39. The summed E-state index contributed by atoms with van der Waals surface area (Å²) in [4.78, 5) is 25.9. The van der Waals surface area contributed by atoms with Crippen LogP contribution < -0.4 is 16.6 Å². The number of hydrogen-bond acceptors (Lipinski definition) is 5. The van der Waals surface area contributed by atoms with Crippen LogP contribution in [0.5, 0.6) is 0 Å². The first-order valence-corrected chi connectivity index (χ1v) is 5.66. The summed E-state index contributed by atoms with van der Waals surface area (Å²) in [6.07, 6.45) is 0. The van der Waals surface area contributed by atoms with Crippen LogP contribution in [-0.4, -0.2) is 21.1 Å². The number of rotatable bonds is 3. The number of carbonyl (C=O) groups is 1. The van der Waals surface area contributed by atoms with Crippen LogP contribution in [0.2, 0.25) is 0 Å². The molecule has 0 fully saturated rings. The molecule has 0 radical (unpaired) electrons. The molecule has 1 aromatic carbocycles. The molecular weight excluding hydrogens is 246 g/mol. The number of aromatic amines is 1. The van der Waals surface area contributed by atoms with E-state index in [-0.39, 0.29) is 17.5 Å². The summed E-state index contributed by atoms with van der Waals surface area (Å²) in [7, 11) is 0. The van der Waals surface area contributed by atoms with Crippen molar-refractivity contribution in [3.05, 3.63) is 51.9 Å². The molecule has 0 aliphatic heterocycles. The minimum Gasteiger partial charge on any atom is -0.368 e. The van der Waals surface area contributed by atoms with E-state index < -0.39 is 11.6 Å². The van der Waals surface area contributed by atoms with Gasteiger partial charge in [0.25, 0.3) is 11.5 Å². The van der Waals surface area contributed by atoms with Crippen molar-refractivity contribution >= 4 is 11.9 Å². The van der Waals surface area contributed by atoms with E-state index in [4.69, 9.17) is 5.73 Å². The number of anilines is 1. The van der Waals surface area contributed by atoms with E-state index in [0.717, 1.165) is 0 Å². The molecule has 0 aliphatic carbocycles. The zero-order valence-electron chi connectivity index (χ0n) is 10.3. The van der Waals surface area contributed by atoms with Crippen molar-refractivity contribution in [2.75, 3.05) is 5.73 Å². The Morgan fingerprint density at radius 3 is 2.63 bits per heavy atom. The van der Waals surface area contributed by atoms with Gasteiger partial charge in [0.15, 0.2) is 5.69 Å². The number of nitrogens with two attached hydrogens (primary N) is 1. The average molecular weight is 259 g/mol. The molecular formula is C12H13N5O2. The van der Waals surface area contributed by atoms with Gasteiger partial charge >= 0.3 is 0 Å². The largest absolute Gasteiger partial charge is 0.368 e. The predicted octanol–water partition coefficient (Wildman–Crippen LogP) is 0.238. The maximum Gasteiger partial charge on any atom is 0.276 e. The summed E-state index contributed by atoms with van der Waals surface area (Å²) in [5, 5.41) is 9.92. The molecule has 98 valence electrons. The molecule has 2 rings (SSSR count). The maximum atomic E-state index is 11.9. The summed E-state index contributed by atoms with van der Waals surface area (Å²) in [6.45, 7) is 1.65. The fraction of sp³-hybridized carbons (Fsp3) is 0.167. The van der Waals surface area contributed by atoms with Crippen LogP contribution in [0.25, 0.3) is 0 Å². The fourth-order valence-electron chi connectivity index (χ4n) is 1.58. The highest BCUT2D eigenvalue weighted by Crippen LogP contribution is 2.06. The Hall–Kier alpha value is -2.70. The summed E-state index contributed by atoms with van der Waals surface area (Å²) in [6, 6.07) is 8.13. The zero-order valence-corrected chi connectivity index (χ0v) is 10.3. The van der Waals surface area contributed by atoms with Gasteiger partial charge in [0, 0.05) is 5.56 Å². The van der Waals surface area contributed by atoms with Crippen LogP contribution in [-0.2, 0) is 0 Å². The molecule has 0 aliphatic rings. The van der Waals surface area contributed by atoms with Gasteiger partial charge in [-0.25, -0.2) is 0 Å². The third kappa shape index (κ3) is 2.95. The lowest BCUT2D eigenvalue weighted by Gasteiger charge is -2.11. The third-order valence-electron chi connectivity index (χ3n) is 2.53. The second-order valence-electron chi connectivity index (χ2n) is 3.99. The summed E-state index contributed by atoms with van der Waals surface area (Å²) >= 11 is 0. The van der Waals surface area contributed by atoms with Crippen LogP contribution in [0, 0.1) is 0 Å². The molecule has 0 bridgehead atoms. The topological polar surface area (TPSA) is 114 Å². The molecule has 7 nitrogen and oxygen atoms in total. The summed E-state index contributed by atoms with van der Waals surface area (Å²) in [5.74, 6) is -0.346. The molecule has 2 aromatic rings. The van der Waals surface area contributed by atoms with Crippen LogP contribution in [0.1, 0.15) is 29.0 Å². The van der Waals surface area contributed by atoms with Crippen molar-refractivity contribution in [1.29, 1.82) is 0 Å². The number of nitrogen functional groups attached to an aromatic ring is 1. The van der Waals surface area contributed by atoms with Gasteiger partial charge in [-0.05, 0) is 19.1 Å². The molecule has 1 heterocycles. The molecule has 1 aromatic heterocycles. The molecule has 1 unspecified atom stereocenters. The van der Waals surface area contributed by atoms with Gasteiger partial charge in [-0.3, -0.25) is 14.6 Å². The minimum absolute atomic E-state index is 0.0599. The van der Waals surface area contributed by atoms with Gasteiger partial charge in [-0.15, -0.1) is 10.2 Å². The Balaban J connectivity index is 2.15.